The van der Waals surface area contributed by atoms with Crippen molar-refractivity contribution < 1.29 is 4.52 Å². The maximum absolute atomic E-state index is 6.11. The van der Waals surface area contributed by atoms with Gasteiger partial charge in [0.25, 0.3) is 0 Å². The molecule has 1 aromatic carbocycles. The first kappa shape index (κ1) is 12.5. The highest BCUT2D eigenvalue weighted by Gasteiger charge is 2.17. The van der Waals surface area contributed by atoms with Crippen LogP contribution in [0.25, 0.3) is 10.7 Å². The van der Waals surface area contributed by atoms with Crippen molar-refractivity contribution in [2.75, 3.05) is 0 Å². The van der Waals surface area contributed by atoms with Crippen LogP contribution in [0.5, 0.6) is 0 Å². The van der Waals surface area contributed by atoms with Crippen molar-refractivity contribution in [2.24, 2.45) is 5.73 Å². The summed E-state index contributed by atoms with van der Waals surface area (Å²) in [6.45, 7) is 0. The molecule has 0 unspecified atom stereocenters. The van der Waals surface area contributed by atoms with Gasteiger partial charge in [-0.2, -0.15) is 4.98 Å². The molecule has 96 valence electrons. The molecule has 0 saturated carbocycles. The predicted molar refractivity (Wildman–Crippen MR) is 77.8 cm³/mol. The number of hydrogen-bond donors (Lipinski definition) is 1. The fourth-order valence-corrected chi connectivity index (χ4v) is 3.01. The molecule has 1 atom stereocenters. The first-order valence-corrected chi connectivity index (χ1v) is 7.25. The lowest BCUT2D eigenvalue weighted by molar-refractivity contribution is 0.367. The van der Waals surface area contributed by atoms with Crippen LogP contribution in [0.15, 0.2) is 50.8 Å². The maximum Gasteiger partial charge on any atom is 0.248 e. The molecule has 6 heteroatoms. The molecule has 2 aromatic heterocycles. The highest BCUT2D eigenvalue weighted by atomic mass is 79.9. The number of benzene rings is 1. The molecule has 0 radical (unpaired) electrons. The Kier molecular flexibility index (Phi) is 3.46. The Morgan fingerprint density at radius 1 is 1.16 bits per heavy atom. The molecular formula is C13H10BrN3OS. The zero-order chi connectivity index (χ0) is 13.2. The van der Waals surface area contributed by atoms with E-state index in [0.29, 0.717) is 11.7 Å². The third kappa shape index (κ3) is 2.60. The van der Waals surface area contributed by atoms with Gasteiger partial charge in [-0.1, -0.05) is 35.5 Å². The largest absolute Gasteiger partial charge is 0.337 e. The smallest absolute Gasteiger partial charge is 0.248 e. The summed E-state index contributed by atoms with van der Waals surface area (Å²) in [5.41, 5.74) is 7.06. The first-order valence-electron chi connectivity index (χ1n) is 5.64. The number of rotatable bonds is 3. The van der Waals surface area contributed by atoms with Gasteiger partial charge in [0, 0.05) is 0 Å². The molecule has 19 heavy (non-hydrogen) atoms. The van der Waals surface area contributed by atoms with E-state index in [-0.39, 0.29) is 0 Å². The van der Waals surface area contributed by atoms with E-state index in [9.17, 15) is 0 Å². The van der Waals surface area contributed by atoms with Crippen molar-refractivity contribution in [3.63, 3.8) is 0 Å². The summed E-state index contributed by atoms with van der Waals surface area (Å²) in [5, 5.41) is 3.97. The Morgan fingerprint density at radius 3 is 2.63 bits per heavy atom. The lowest BCUT2D eigenvalue weighted by Gasteiger charge is -2.05. The molecule has 0 saturated heterocycles. The molecular weight excluding hydrogens is 326 g/mol. The number of nitrogens with zero attached hydrogens (tertiary/aromatic N) is 2. The topological polar surface area (TPSA) is 64.9 Å². The molecule has 0 bridgehead atoms. The summed E-state index contributed by atoms with van der Waals surface area (Å²) in [5.74, 6) is 0.989. The number of aromatic nitrogens is 2. The van der Waals surface area contributed by atoms with Gasteiger partial charge in [-0.05, 0) is 33.6 Å². The molecule has 4 nitrogen and oxygen atoms in total. The second-order valence-electron chi connectivity index (χ2n) is 3.95. The van der Waals surface area contributed by atoms with Crippen molar-refractivity contribution in [1.29, 1.82) is 0 Å². The molecule has 3 rings (SSSR count). The van der Waals surface area contributed by atoms with Gasteiger partial charge >= 0.3 is 0 Å². The van der Waals surface area contributed by atoms with Crippen molar-refractivity contribution in [1.82, 2.24) is 10.1 Å². The summed E-state index contributed by atoms with van der Waals surface area (Å²) in [7, 11) is 0. The number of thiophene rings is 1. The quantitative estimate of drug-likeness (QED) is 0.794. The monoisotopic (exact) mass is 335 g/mol. The van der Waals surface area contributed by atoms with Gasteiger partial charge in [0.05, 0.1) is 8.66 Å². The molecule has 0 fully saturated rings. The van der Waals surface area contributed by atoms with Crippen molar-refractivity contribution in [3.8, 4) is 10.7 Å². The van der Waals surface area contributed by atoms with Crippen LogP contribution in [-0.2, 0) is 0 Å². The van der Waals surface area contributed by atoms with Crippen molar-refractivity contribution >= 4 is 27.3 Å². The van der Waals surface area contributed by atoms with E-state index >= 15 is 0 Å². The lowest BCUT2D eigenvalue weighted by Crippen LogP contribution is -2.11. The fraction of sp³-hybridized carbons (Fsp3) is 0.0769. The summed E-state index contributed by atoms with van der Waals surface area (Å²) in [6, 6.07) is 13.2. The van der Waals surface area contributed by atoms with Crippen LogP contribution in [0.4, 0.5) is 0 Å². The molecule has 0 amide bonds. The summed E-state index contributed by atoms with van der Waals surface area (Å²) in [4.78, 5) is 5.30. The Balaban J connectivity index is 1.89. The number of halogens is 1. The van der Waals surface area contributed by atoms with Gasteiger partial charge in [0.15, 0.2) is 0 Å². The molecule has 0 aliphatic rings. The molecule has 2 heterocycles. The molecule has 0 aliphatic heterocycles. The SMILES string of the molecule is N[C@H](c1ccccc1)c1nc(-c2ccc(Br)s2)no1. The Morgan fingerprint density at radius 2 is 1.95 bits per heavy atom. The van der Waals surface area contributed by atoms with Crippen LogP contribution in [0.3, 0.4) is 0 Å². The molecule has 0 aliphatic carbocycles. The molecule has 3 aromatic rings. The highest BCUT2D eigenvalue weighted by Crippen LogP contribution is 2.30. The molecule has 0 spiro atoms. The Hall–Kier alpha value is -1.50. The van der Waals surface area contributed by atoms with Gasteiger partial charge in [-0.25, -0.2) is 0 Å². The van der Waals surface area contributed by atoms with Crippen LogP contribution in [0.2, 0.25) is 0 Å². The number of hydrogen-bond acceptors (Lipinski definition) is 5. The minimum absolute atomic E-state index is 0.397. The van der Waals surface area contributed by atoms with Crippen LogP contribution < -0.4 is 5.73 Å². The average molecular weight is 336 g/mol. The van der Waals surface area contributed by atoms with Crippen LogP contribution in [0.1, 0.15) is 17.5 Å². The van der Waals surface area contributed by atoms with E-state index in [0.717, 1.165) is 14.2 Å². The Bertz CT molecular complexity index is 680. The minimum atomic E-state index is -0.397. The van der Waals surface area contributed by atoms with E-state index < -0.39 is 6.04 Å². The van der Waals surface area contributed by atoms with Crippen LogP contribution in [0, 0.1) is 0 Å². The zero-order valence-corrected chi connectivity index (χ0v) is 12.2. The van der Waals surface area contributed by atoms with E-state index in [1.807, 2.05) is 42.5 Å². The standard InChI is InChI=1S/C13H10BrN3OS/c14-10-7-6-9(19-10)12-16-13(18-17-12)11(15)8-4-2-1-3-5-8/h1-7,11H,15H2/t11-/m1/s1. The van der Waals surface area contributed by atoms with Gasteiger partial charge < -0.3 is 10.3 Å². The van der Waals surface area contributed by atoms with Gasteiger partial charge in [0.1, 0.15) is 6.04 Å². The zero-order valence-electron chi connectivity index (χ0n) is 9.79. The third-order valence-electron chi connectivity index (χ3n) is 2.66. The van der Waals surface area contributed by atoms with Gasteiger partial charge in [0.2, 0.25) is 11.7 Å². The predicted octanol–water partition coefficient (Wildman–Crippen LogP) is 3.61. The average Bonchev–Trinajstić information content (AvgIpc) is 3.07. The summed E-state index contributed by atoms with van der Waals surface area (Å²) >= 11 is 4.96. The van der Waals surface area contributed by atoms with Gasteiger partial charge in [-0.15, -0.1) is 11.3 Å². The van der Waals surface area contributed by atoms with E-state index in [2.05, 4.69) is 26.1 Å². The van der Waals surface area contributed by atoms with E-state index in [4.69, 9.17) is 10.3 Å². The first-order chi connectivity index (χ1) is 9.24. The summed E-state index contributed by atoms with van der Waals surface area (Å²) < 4.78 is 6.28. The van der Waals surface area contributed by atoms with Gasteiger partial charge in [-0.3, -0.25) is 0 Å². The lowest BCUT2D eigenvalue weighted by atomic mass is 10.1. The highest BCUT2D eigenvalue weighted by molar-refractivity contribution is 9.11. The molecule has 2 N–H and O–H groups in total. The van der Waals surface area contributed by atoms with Crippen LogP contribution in [-0.4, -0.2) is 10.1 Å². The normalized spacial score (nSPS) is 12.5. The third-order valence-corrected chi connectivity index (χ3v) is 4.28. The van der Waals surface area contributed by atoms with E-state index in [1.54, 1.807) is 11.3 Å². The number of nitrogens with two attached hydrogens (primary N) is 1. The van der Waals surface area contributed by atoms with Crippen LogP contribution >= 0.6 is 27.3 Å². The van der Waals surface area contributed by atoms with E-state index in [1.165, 1.54) is 0 Å². The maximum atomic E-state index is 6.11. The second-order valence-corrected chi connectivity index (χ2v) is 6.41. The second kappa shape index (κ2) is 5.24. The van der Waals surface area contributed by atoms with Crippen molar-refractivity contribution in [2.45, 2.75) is 6.04 Å². The minimum Gasteiger partial charge on any atom is -0.337 e. The summed E-state index contributed by atoms with van der Waals surface area (Å²) in [6.07, 6.45) is 0. The van der Waals surface area contributed by atoms with Crippen molar-refractivity contribution in [3.05, 3.63) is 57.7 Å². The fourth-order valence-electron chi connectivity index (χ4n) is 1.70. The Labute approximate surface area is 122 Å².